The monoisotopic (exact) mass is 479 g/mol. The van der Waals surface area contributed by atoms with Crippen molar-refractivity contribution in [2.45, 2.75) is 5.50 Å². The van der Waals surface area contributed by atoms with Crippen molar-refractivity contribution in [3.05, 3.63) is 63.6 Å². The van der Waals surface area contributed by atoms with Crippen LogP contribution in [0.25, 0.3) is 0 Å². The maximum Gasteiger partial charge on any atom is 0.268 e. The maximum atomic E-state index is 12.2. The molecular weight excluding hydrogens is 465 g/mol. The maximum absolute atomic E-state index is 12.2. The van der Waals surface area contributed by atoms with Gasteiger partial charge in [0.05, 0.1) is 17.3 Å². The average Bonchev–Trinajstić information content (AvgIpc) is 3.32. The summed E-state index contributed by atoms with van der Waals surface area (Å²) >= 11 is 18.3. The van der Waals surface area contributed by atoms with Crippen LogP contribution in [0.3, 0.4) is 0 Å². The molecule has 0 saturated carbocycles. The third-order valence-electron chi connectivity index (χ3n) is 4.42. The zero-order valence-corrected chi connectivity index (χ0v) is 18.5. The summed E-state index contributed by atoms with van der Waals surface area (Å²) in [5, 5.41) is 6.03. The highest BCUT2D eigenvalue weighted by Gasteiger charge is 2.30. The molecule has 30 heavy (non-hydrogen) atoms. The molecule has 1 aromatic heterocycles. The Hall–Kier alpha value is -2.30. The lowest BCUT2D eigenvalue weighted by Gasteiger charge is -2.25. The van der Waals surface area contributed by atoms with Gasteiger partial charge in [-0.1, -0.05) is 23.2 Å². The molecule has 0 radical (unpaired) electrons. The normalized spacial score (nSPS) is 16.2. The number of nitrogens with zero attached hydrogens (tertiary/aromatic N) is 3. The molecule has 2 heterocycles. The molecule has 1 atom stereocenters. The van der Waals surface area contributed by atoms with Gasteiger partial charge in [-0.05, 0) is 42.5 Å². The number of rotatable bonds is 5. The van der Waals surface area contributed by atoms with Crippen molar-refractivity contribution in [3.63, 3.8) is 0 Å². The molecule has 1 aliphatic heterocycles. The van der Waals surface area contributed by atoms with E-state index in [0.717, 1.165) is 5.69 Å². The molecule has 2 aromatic carbocycles. The van der Waals surface area contributed by atoms with Crippen LogP contribution < -0.4 is 20.9 Å². The molecule has 4 rings (SSSR count). The molecule has 154 valence electrons. The number of hydrogen-bond acceptors (Lipinski definition) is 7. The summed E-state index contributed by atoms with van der Waals surface area (Å²) in [5.41, 5.74) is 7.07. The van der Waals surface area contributed by atoms with Gasteiger partial charge in [-0.2, -0.15) is 0 Å². The van der Waals surface area contributed by atoms with Gasteiger partial charge in [-0.15, -0.1) is 24.0 Å². The predicted octanol–water partition coefficient (Wildman–Crippen LogP) is 4.17. The minimum atomic E-state index is -0.616. The van der Waals surface area contributed by atoms with Crippen molar-refractivity contribution in [3.8, 4) is 0 Å². The van der Waals surface area contributed by atoms with E-state index in [2.05, 4.69) is 22.9 Å². The first kappa shape index (κ1) is 21.0. The van der Waals surface area contributed by atoms with E-state index in [1.54, 1.807) is 40.6 Å². The number of carbonyl (C=O) groups is 2. The van der Waals surface area contributed by atoms with Crippen LogP contribution in [0.4, 0.5) is 22.2 Å². The number of thiazole rings is 1. The highest BCUT2D eigenvalue weighted by atomic mass is 35.5. The summed E-state index contributed by atoms with van der Waals surface area (Å²) in [4.78, 5) is 31.3. The molecule has 2 amide bonds. The van der Waals surface area contributed by atoms with Gasteiger partial charge in [-0.3, -0.25) is 24.7 Å². The second-order valence-corrected chi connectivity index (χ2v) is 8.51. The summed E-state index contributed by atoms with van der Waals surface area (Å²) in [6, 6.07) is 12.4. The molecule has 11 heteroatoms. The second-order valence-electron chi connectivity index (χ2n) is 6.35. The molecule has 3 N–H and O–H groups in total. The first-order valence-corrected chi connectivity index (χ1v) is 10.8. The first-order chi connectivity index (χ1) is 14.3. The summed E-state index contributed by atoms with van der Waals surface area (Å²) in [6.45, 7) is 0.208. The van der Waals surface area contributed by atoms with E-state index in [1.807, 2.05) is 12.1 Å². The number of aromatic nitrogens is 1. The number of nitrogens with two attached hydrogens (primary N) is 1. The minimum absolute atomic E-state index is 0.0978. The van der Waals surface area contributed by atoms with Crippen LogP contribution >= 0.6 is 47.2 Å². The van der Waals surface area contributed by atoms with Crippen LogP contribution in [0, 0.1) is 0 Å². The third-order valence-corrected chi connectivity index (χ3v) is 6.21. The topological polar surface area (TPSA) is 91.6 Å². The molecule has 3 aromatic rings. The van der Waals surface area contributed by atoms with Crippen LogP contribution in [0.1, 0.15) is 10.5 Å². The second kappa shape index (κ2) is 8.44. The van der Waals surface area contributed by atoms with Crippen molar-refractivity contribution in [1.82, 2.24) is 10.3 Å². The van der Waals surface area contributed by atoms with Crippen molar-refractivity contribution in [1.29, 1.82) is 0 Å². The Balaban J connectivity index is 1.79. The van der Waals surface area contributed by atoms with Gasteiger partial charge in [0.2, 0.25) is 5.91 Å². The zero-order valence-electron chi connectivity index (χ0n) is 15.3. The van der Waals surface area contributed by atoms with Gasteiger partial charge in [0.25, 0.3) is 5.91 Å². The highest BCUT2D eigenvalue weighted by molar-refractivity contribution is 7.81. The molecule has 0 aliphatic carbocycles. The summed E-state index contributed by atoms with van der Waals surface area (Å²) in [6.07, 6.45) is 0. The minimum Gasteiger partial charge on any atom is -0.364 e. The highest BCUT2D eigenvalue weighted by Crippen LogP contribution is 2.42. The number of carbonyl (C=O) groups excluding carboxylic acids is 2. The fourth-order valence-electron chi connectivity index (χ4n) is 3.03. The van der Waals surface area contributed by atoms with Crippen LogP contribution in [-0.4, -0.2) is 28.8 Å². The van der Waals surface area contributed by atoms with Gasteiger partial charge in [-0.25, -0.2) is 4.98 Å². The Labute approximate surface area is 191 Å². The van der Waals surface area contributed by atoms with Crippen molar-refractivity contribution in [2.75, 3.05) is 16.3 Å². The van der Waals surface area contributed by atoms with Crippen molar-refractivity contribution in [2.24, 2.45) is 5.73 Å². The van der Waals surface area contributed by atoms with E-state index in [4.69, 9.17) is 28.9 Å². The smallest absolute Gasteiger partial charge is 0.268 e. The quantitative estimate of drug-likeness (QED) is 0.477. The van der Waals surface area contributed by atoms with Crippen molar-refractivity contribution >= 4 is 81.2 Å². The molecule has 1 fully saturated rings. The third kappa shape index (κ3) is 3.99. The number of nitrogens with one attached hydrogen (secondary N) is 1. The summed E-state index contributed by atoms with van der Waals surface area (Å²) < 4.78 is 0. The van der Waals surface area contributed by atoms with Gasteiger partial charge in [0.1, 0.15) is 11.2 Å². The zero-order chi connectivity index (χ0) is 21.4. The predicted molar refractivity (Wildman–Crippen MR) is 124 cm³/mol. The van der Waals surface area contributed by atoms with Gasteiger partial charge in [0.15, 0.2) is 5.13 Å². The summed E-state index contributed by atoms with van der Waals surface area (Å²) in [5.74, 6) is -0.714. The lowest BCUT2D eigenvalue weighted by molar-refractivity contribution is -0.116. The van der Waals surface area contributed by atoms with E-state index in [1.165, 1.54) is 16.2 Å². The van der Waals surface area contributed by atoms with E-state index in [0.29, 0.717) is 26.6 Å². The van der Waals surface area contributed by atoms with Gasteiger partial charge >= 0.3 is 0 Å². The van der Waals surface area contributed by atoms with Crippen LogP contribution in [0.2, 0.25) is 10.0 Å². The van der Waals surface area contributed by atoms with E-state index in [-0.39, 0.29) is 18.1 Å². The Bertz CT molecular complexity index is 1120. The number of thiol groups is 1. The molecule has 0 spiro atoms. The average molecular weight is 480 g/mol. The fourth-order valence-corrected chi connectivity index (χ4v) is 4.61. The SMILES string of the molecule is NC(=O)c1csc(N(c2ccc(Cl)cc2)c2ccc(N3C(=O)CNC3S)cc2Cl)n1. The number of primary amides is 1. The van der Waals surface area contributed by atoms with Crippen LogP contribution in [0.15, 0.2) is 47.8 Å². The summed E-state index contributed by atoms with van der Waals surface area (Å²) in [7, 11) is 0. The largest absolute Gasteiger partial charge is 0.364 e. The number of amides is 2. The Morgan fingerprint density at radius 1 is 1.27 bits per heavy atom. The van der Waals surface area contributed by atoms with Crippen molar-refractivity contribution < 1.29 is 9.59 Å². The van der Waals surface area contributed by atoms with E-state index in [9.17, 15) is 9.59 Å². The van der Waals surface area contributed by atoms with Gasteiger partial charge in [0, 0.05) is 21.8 Å². The number of halogens is 2. The lowest BCUT2D eigenvalue weighted by atomic mass is 10.2. The molecule has 1 unspecified atom stereocenters. The fraction of sp³-hybridized carbons (Fsp3) is 0.105. The number of anilines is 4. The Morgan fingerprint density at radius 3 is 2.57 bits per heavy atom. The molecular formula is C19H15Cl2N5O2S2. The molecule has 1 aliphatic rings. The Kier molecular flexibility index (Phi) is 5.90. The molecule has 7 nitrogen and oxygen atoms in total. The standard InChI is InChI=1S/C19H15Cl2N5O2S2/c20-10-1-3-11(4-2-10)25(19-24-14(9-30-19)17(22)28)15-6-5-12(7-13(15)21)26-16(27)8-23-18(26)29/h1-7,9,18,23,29H,8H2,(H2,22,28). The van der Waals surface area contributed by atoms with Gasteiger partial charge < -0.3 is 5.73 Å². The number of hydrogen-bond donors (Lipinski definition) is 3. The van der Waals surface area contributed by atoms with E-state index < -0.39 is 11.4 Å². The molecule has 0 bridgehead atoms. The lowest BCUT2D eigenvalue weighted by Crippen LogP contribution is -2.32. The van der Waals surface area contributed by atoms with Crippen LogP contribution in [0.5, 0.6) is 0 Å². The van der Waals surface area contributed by atoms with E-state index >= 15 is 0 Å². The number of benzene rings is 2. The molecule has 1 saturated heterocycles. The van der Waals surface area contributed by atoms with Crippen LogP contribution in [-0.2, 0) is 4.79 Å². The first-order valence-electron chi connectivity index (χ1n) is 8.69. The Morgan fingerprint density at radius 2 is 2.00 bits per heavy atom.